The van der Waals surface area contributed by atoms with Crippen LogP contribution in [-0.2, 0) is 5.75 Å². The molecule has 0 spiro atoms. The van der Waals surface area contributed by atoms with Crippen molar-refractivity contribution in [2.45, 2.75) is 10.8 Å². The van der Waals surface area contributed by atoms with E-state index in [1.165, 1.54) is 23.1 Å². The molecule has 0 atom stereocenters. The molecule has 0 fully saturated rings. The van der Waals surface area contributed by atoms with Gasteiger partial charge in [0.15, 0.2) is 0 Å². The van der Waals surface area contributed by atoms with Crippen molar-refractivity contribution in [1.29, 1.82) is 10.5 Å². The normalized spacial score (nSPS) is 10.5. The van der Waals surface area contributed by atoms with Crippen LogP contribution >= 0.6 is 34.7 Å². The van der Waals surface area contributed by atoms with Crippen LogP contribution in [0.5, 0.6) is 0 Å². The van der Waals surface area contributed by atoms with E-state index in [9.17, 15) is 10.5 Å². The highest BCUT2D eigenvalue weighted by atomic mass is 35.5. The third kappa shape index (κ3) is 3.87. The number of thioether (sulfide) groups is 1. The molecular formula is C20H11ClN6OS2. The van der Waals surface area contributed by atoms with Gasteiger partial charge in [-0.2, -0.15) is 10.5 Å². The fraction of sp³-hybridized carbons (Fsp3) is 0.0500. The highest BCUT2D eigenvalue weighted by Crippen LogP contribution is 2.36. The van der Waals surface area contributed by atoms with E-state index < -0.39 is 0 Å². The fourth-order valence-electron chi connectivity index (χ4n) is 2.74. The molecule has 1 aromatic carbocycles. The van der Waals surface area contributed by atoms with Gasteiger partial charge in [-0.15, -0.1) is 11.3 Å². The van der Waals surface area contributed by atoms with Gasteiger partial charge in [0.05, 0.1) is 22.5 Å². The molecule has 30 heavy (non-hydrogen) atoms. The number of halogens is 1. The Morgan fingerprint density at radius 2 is 1.90 bits per heavy atom. The number of pyridine rings is 1. The number of anilines is 1. The van der Waals surface area contributed by atoms with Gasteiger partial charge in [-0.05, 0) is 24.3 Å². The van der Waals surface area contributed by atoms with Crippen LogP contribution in [0, 0.1) is 22.7 Å². The molecular weight excluding hydrogens is 440 g/mol. The predicted octanol–water partition coefficient (Wildman–Crippen LogP) is 5.13. The van der Waals surface area contributed by atoms with Crippen molar-refractivity contribution in [3.05, 3.63) is 63.3 Å². The van der Waals surface area contributed by atoms with Gasteiger partial charge in [-0.25, -0.2) is 15.0 Å². The number of nitrogen functional groups attached to an aromatic ring is 1. The molecule has 7 nitrogen and oxygen atoms in total. The van der Waals surface area contributed by atoms with Gasteiger partial charge in [0.2, 0.25) is 5.89 Å². The average Bonchev–Trinajstić information content (AvgIpc) is 3.44. The van der Waals surface area contributed by atoms with Crippen molar-refractivity contribution in [3.63, 3.8) is 0 Å². The molecule has 0 bridgehead atoms. The number of nitriles is 2. The van der Waals surface area contributed by atoms with Gasteiger partial charge < -0.3 is 10.2 Å². The Morgan fingerprint density at radius 3 is 2.57 bits per heavy atom. The highest BCUT2D eigenvalue weighted by Gasteiger charge is 2.22. The first-order valence-corrected chi connectivity index (χ1v) is 10.8. The van der Waals surface area contributed by atoms with Gasteiger partial charge in [0, 0.05) is 27.3 Å². The molecule has 0 aliphatic carbocycles. The molecule has 0 radical (unpaired) electrons. The van der Waals surface area contributed by atoms with E-state index in [1.54, 1.807) is 29.3 Å². The van der Waals surface area contributed by atoms with Crippen LogP contribution in [0.25, 0.3) is 22.7 Å². The van der Waals surface area contributed by atoms with E-state index in [0.717, 1.165) is 5.56 Å². The monoisotopic (exact) mass is 450 g/mol. The number of hydrogen-bond acceptors (Lipinski definition) is 9. The minimum atomic E-state index is 0.0593. The number of hydrogen-bond donors (Lipinski definition) is 1. The molecule has 0 unspecified atom stereocenters. The number of benzene rings is 1. The minimum Gasteiger partial charge on any atom is -0.444 e. The predicted molar refractivity (Wildman–Crippen MR) is 116 cm³/mol. The molecule has 146 valence electrons. The van der Waals surface area contributed by atoms with Gasteiger partial charge in [0.25, 0.3) is 0 Å². The van der Waals surface area contributed by atoms with E-state index in [0.29, 0.717) is 38.6 Å². The van der Waals surface area contributed by atoms with Crippen LogP contribution in [-0.4, -0.2) is 15.0 Å². The summed E-state index contributed by atoms with van der Waals surface area (Å²) < 4.78 is 5.55. The topological polar surface area (TPSA) is 125 Å². The first-order valence-electron chi connectivity index (χ1n) is 8.46. The summed E-state index contributed by atoms with van der Waals surface area (Å²) in [6.45, 7) is 0. The van der Waals surface area contributed by atoms with E-state index in [1.807, 2.05) is 18.2 Å². The van der Waals surface area contributed by atoms with E-state index in [2.05, 4.69) is 21.0 Å². The second kappa shape index (κ2) is 8.56. The van der Waals surface area contributed by atoms with E-state index in [4.69, 9.17) is 21.8 Å². The summed E-state index contributed by atoms with van der Waals surface area (Å²) in [7, 11) is 0. The standard InChI is InChI=1S/C20H11ClN6OS2/c21-12-3-1-11(2-4-12)19-26-13(7-28-19)8-30-20-15(6-23)17(16-9-29-10-25-16)14(5-22)18(24)27-20/h1-4,7,9-10H,8H2,(H2,24,27). The zero-order valence-corrected chi connectivity index (χ0v) is 17.6. The van der Waals surface area contributed by atoms with Crippen molar-refractivity contribution >= 4 is 40.5 Å². The third-order valence-electron chi connectivity index (χ3n) is 4.10. The van der Waals surface area contributed by atoms with Gasteiger partial charge in [-0.3, -0.25) is 0 Å². The lowest BCUT2D eigenvalue weighted by Crippen LogP contribution is -2.03. The zero-order chi connectivity index (χ0) is 21.1. The number of nitrogens with two attached hydrogens (primary N) is 1. The van der Waals surface area contributed by atoms with E-state index in [-0.39, 0.29) is 16.9 Å². The molecule has 4 aromatic rings. The van der Waals surface area contributed by atoms with Gasteiger partial charge >= 0.3 is 0 Å². The molecule has 0 amide bonds. The maximum Gasteiger partial charge on any atom is 0.226 e. The zero-order valence-electron chi connectivity index (χ0n) is 15.2. The Hall–Kier alpha value is -3.37. The molecule has 0 aliphatic rings. The molecule has 10 heteroatoms. The van der Waals surface area contributed by atoms with Crippen LogP contribution < -0.4 is 5.73 Å². The second-order valence-corrected chi connectivity index (χ2v) is 8.08. The Balaban J connectivity index is 1.64. The van der Waals surface area contributed by atoms with E-state index >= 15 is 0 Å². The SMILES string of the molecule is N#Cc1c(N)nc(SCc2coc(-c3ccc(Cl)cc3)n2)c(C#N)c1-c1cscn1. The van der Waals surface area contributed by atoms with Crippen molar-refractivity contribution in [2.75, 3.05) is 5.73 Å². The lowest BCUT2D eigenvalue weighted by Gasteiger charge is -2.10. The lowest BCUT2D eigenvalue weighted by molar-refractivity contribution is 0.573. The van der Waals surface area contributed by atoms with Crippen molar-refractivity contribution in [1.82, 2.24) is 15.0 Å². The van der Waals surface area contributed by atoms with Crippen LogP contribution in [0.2, 0.25) is 5.02 Å². The van der Waals surface area contributed by atoms with Gasteiger partial charge in [-0.1, -0.05) is 23.4 Å². The van der Waals surface area contributed by atoms with Crippen LogP contribution in [0.1, 0.15) is 16.8 Å². The van der Waals surface area contributed by atoms with Crippen LogP contribution in [0.3, 0.4) is 0 Å². The summed E-state index contributed by atoms with van der Waals surface area (Å²) >= 11 is 8.57. The highest BCUT2D eigenvalue weighted by molar-refractivity contribution is 7.98. The molecule has 0 saturated carbocycles. The Morgan fingerprint density at radius 1 is 1.13 bits per heavy atom. The number of rotatable bonds is 5. The Labute approximate surface area is 184 Å². The molecule has 3 aromatic heterocycles. The number of oxazole rings is 1. The molecule has 3 heterocycles. The van der Waals surface area contributed by atoms with Crippen LogP contribution in [0.4, 0.5) is 5.82 Å². The second-order valence-electron chi connectivity index (χ2n) is 5.96. The average molecular weight is 451 g/mol. The summed E-state index contributed by atoms with van der Waals surface area (Å²) in [5.41, 5.74) is 10.4. The largest absolute Gasteiger partial charge is 0.444 e. The van der Waals surface area contributed by atoms with Crippen molar-refractivity contribution in [2.24, 2.45) is 0 Å². The molecule has 2 N–H and O–H groups in total. The molecule has 0 saturated heterocycles. The van der Waals surface area contributed by atoms with Gasteiger partial charge in [0.1, 0.15) is 34.8 Å². The fourth-order valence-corrected chi connectivity index (χ4v) is 4.28. The van der Waals surface area contributed by atoms with Crippen molar-refractivity contribution < 1.29 is 4.42 Å². The first-order chi connectivity index (χ1) is 14.6. The quantitative estimate of drug-likeness (QED) is 0.414. The molecule has 0 aliphatic heterocycles. The number of aromatic nitrogens is 3. The minimum absolute atomic E-state index is 0.0593. The van der Waals surface area contributed by atoms with Crippen LogP contribution in [0.15, 0.2) is 50.9 Å². The maximum atomic E-state index is 9.76. The number of thiazole rings is 1. The smallest absolute Gasteiger partial charge is 0.226 e. The van der Waals surface area contributed by atoms with Crippen molar-refractivity contribution in [3.8, 4) is 34.8 Å². The Bertz CT molecular complexity index is 1290. The third-order valence-corrected chi connectivity index (χ3v) is 5.95. The summed E-state index contributed by atoms with van der Waals surface area (Å²) in [5, 5.41) is 22.1. The summed E-state index contributed by atoms with van der Waals surface area (Å²) in [6.07, 6.45) is 1.55. The number of nitrogens with zero attached hydrogens (tertiary/aromatic N) is 5. The summed E-state index contributed by atoms with van der Waals surface area (Å²) in [4.78, 5) is 13.0. The summed E-state index contributed by atoms with van der Waals surface area (Å²) in [5.74, 6) is 0.933. The maximum absolute atomic E-state index is 9.76. The molecule has 4 rings (SSSR count). The summed E-state index contributed by atoms with van der Waals surface area (Å²) in [6, 6.07) is 11.3. The Kier molecular flexibility index (Phi) is 5.68. The lowest BCUT2D eigenvalue weighted by atomic mass is 10.0. The first kappa shape index (κ1) is 19.9.